The molecule has 1 saturated carbocycles. The van der Waals surface area contributed by atoms with E-state index in [0.29, 0.717) is 19.0 Å². The molecule has 0 radical (unpaired) electrons. The predicted molar refractivity (Wildman–Crippen MR) is 99.9 cm³/mol. The van der Waals surface area contributed by atoms with Crippen LogP contribution in [0.25, 0.3) is 0 Å². The van der Waals surface area contributed by atoms with Gasteiger partial charge in [-0.1, -0.05) is 0 Å². The van der Waals surface area contributed by atoms with Gasteiger partial charge in [0.1, 0.15) is 11.6 Å². The topological polar surface area (TPSA) is 58.6 Å². The smallest absolute Gasteiger partial charge is 0.255 e. The van der Waals surface area contributed by atoms with Gasteiger partial charge in [0, 0.05) is 37.8 Å². The molecular formula is C20H24N4O2. The maximum Gasteiger partial charge on any atom is 0.255 e. The second-order valence-electron chi connectivity index (χ2n) is 6.98. The van der Waals surface area contributed by atoms with E-state index in [4.69, 9.17) is 4.74 Å². The van der Waals surface area contributed by atoms with E-state index in [2.05, 4.69) is 14.9 Å². The van der Waals surface area contributed by atoms with Gasteiger partial charge in [0.25, 0.3) is 5.91 Å². The van der Waals surface area contributed by atoms with Crippen LogP contribution in [0.15, 0.2) is 30.5 Å². The lowest BCUT2D eigenvalue weighted by Gasteiger charge is -2.35. The fourth-order valence-corrected chi connectivity index (χ4v) is 3.40. The zero-order chi connectivity index (χ0) is 18.1. The van der Waals surface area contributed by atoms with Gasteiger partial charge in [0.15, 0.2) is 0 Å². The molecule has 1 aliphatic heterocycles. The number of nitrogens with zero attached hydrogens (tertiary/aromatic N) is 4. The van der Waals surface area contributed by atoms with Crippen LogP contribution in [-0.4, -0.2) is 54.1 Å². The molecule has 0 N–H and O–H groups in total. The highest BCUT2D eigenvalue weighted by Crippen LogP contribution is 2.39. The molecule has 0 aromatic carbocycles. The van der Waals surface area contributed by atoms with Crippen molar-refractivity contribution in [1.82, 2.24) is 14.9 Å². The lowest BCUT2D eigenvalue weighted by atomic mass is 10.1. The minimum Gasteiger partial charge on any atom is -0.495 e. The number of rotatable bonds is 4. The lowest BCUT2D eigenvalue weighted by Crippen LogP contribution is -2.49. The first kappa shape index (κ1) is 16.8. The van der Waals surface area contributed by atoms with Crippen LogP contribution in [0.2, 0.25) is 0 Å². The maximum atomic E-state index is 12.9. The maximum absolute atomic E-state index is 12.9. The van der Waals surface area contributed by atoms with Crippen molar-refractivity contribution in [3.8, 4) is 5.75 Å². The minimum absolute atomic E-state index is 0.0830. The summed E-state index contributed by atoms with van der Waals surface area (Å²) in [6.45, 7) is 4.87. The highest BCUT2D eigenvalue weighted by molar-refractivity contribution is 5.95. The number of methoxy groups -OCH3 is 1. The molecule has 1 aliphatic carbocycles. The van der Waals surface area contributed by atoms with Crippen LogP contribution >= 0.6 is 0 Å². The molecule has 0 unspecified atom stereocenters. The van der Waals surface area contributed by atoms with E-state index in [-0.39, 0.29) is 5.91 Å². The van der Waals surface area contributed by atoms with Crippen molar-refractivity contribution in [1.29, 1.82) is 0 Å². The van der Waals surface area contributed by atoms with Crippen molar-refractivity contribution in [3.05, 3.63) is 47.4 Å². The van der Waals surface area contributed by atoms with Gasteiger partial charge >= 0.3 is 0 Å². The number of piperazine rings is 1. The summed E-state index contributed by atoms with van der Waals surface area (Å²) in [4.78, 5) is 26.1. The number of anilines is 1. The van der Waals surface area contributed by atoms with Crippen molar-refractivity contribution in [2.45, 2.75) is 25.7 Å². The highest BCUT2D eigenvalue weighted by Gasteiger charge is 2.27. The molecule has 0 atom stereocenters. The summed E-state index contributed by atoms with van der Waals surface area (Å²) in [5.41, 5.74) is 2.71. The summed E-state index contributed by atoms with van der Waals surface area (Å²) in [5, 5.41) is 0. The molecule has 1 saturated heterocycles. The van der Waals surface area contributed by atoms with Crippen LogP contribution in [-0.2, 0) is 0 Å². The van der Waals surface area contributed by atoms with Crippen LogP contribution in [0, 0.1) is 6.92 Å². The summed E-state index contributed by atoms with van der Waals surface area (Å²) in [5.74, 6) is 2.36. The average molecular weight is 352 g/mol. The van der Waals surface area contributed by atoms with Gasteiger partial charge in [-0.3, -0.25) is 9.78 Å². The first-order valence-electron chi connectivity index (χ1n) is 9.17. The molecular weight excluding hydrogens is 328 g/mol. The Morgan fingerprint density at radius 2 is 1.88 bits per heavy atom. The monoisotopic (exact) mass is 352 g/mol. The molecule has 1 amide bonds. The van der Waals surface area contributed by atoms with E-state index in [1.807, 2.05) is 36.1 Å². The SMILES string of the molecule is COc1ccc(N2CCN(C(=O)c3ccc(C4CC4)nc3C)CC2)nc1. The van der Waals surface area contributed by atoms with E-state index in [9.17, 15) is 4.79 Å². The number of aromatic nitrogens is 2. The Morgan fingerprint density at radius 3 is 2.46 bits per heavy atom. The Kier molecular flexibility index (Phi) is 4.49. The van der Waals surface area contributed by atoms with E-state index in [0.717, 1.165) is 41.6 Å². The van der Waals surface area contributed by atoms with Crippen molar-refractivity contribution in [2.75, 3.05) is 38.2 Å². The van der Waals surface area contributed by atoms with Gasteiger partial charge in [-0.2, -0.15) is 0 Å². The summed E-state index contributed by atoms with van der Waals surface area (Å²) in [6, 6.07) is 7.85. The van der Waals surface area contributed by atoms with Crippen LogP contribution in [0.1, 0.15) is 40.5 Å². The van der Waals surface area contributed by atoms with Gasteiger partial charge < -0.3 is 14.5 Å². The molecule has 3 heterocycles. The standard InChI is InChI=1S/C20H24N4O2/c1-14-17(6-7-18(22-14)15-3-4-15)20(25)24-11-9-23(10-12-24)19-8-5-16(26-2)13-21-19/h5-8,13,15H,3-4,9-12H2,1-2H3. The fraction of sp³-hybridized carbons (Fsp3) is 0.450. The average Bonchev–Trinajstić information content (AvgIpc) is 3.53. The van der Waals surface area contributed by atoms with E-state index >= 15 is 0 Å². The number of amides is 1. The fourth-order valence-electron chi connectivity index (χ4n) is 3.40. The van der Waals surface area contributed by atoms with Gasteiger partial charge in [0.05, 0.1) is 24.6 Å². The molecule has 0 bridgehead atoms. The van der Waals surface area contributed by atoms with Crippen molar-refractivity contribution < 1.29 is 9.53 Å². The van der Waals surface area contributed by atoms with Crippen molar-refractivity contribution >= 4 is 11.7 Å². The Morgan fingerprint density at radius 1 is 1.12 bits per heavy atom. The molecule has 2 aromatic heterocycles. The minimum atomic E-state index is 0.0830. The third-order valence-electron chi connectivity index (χ3n) is 5.18. The first-order chi connectivity index (χ1) is 12.7. The molecule has 4 rings (SSSR count). The number of hydrogen-bond donors (Lipinski definition) is 0. The zero-order valence-corrected chi connectivity index (χ0v) is 15.3. The lowest BCUT2D eigenvalue weighted by molar-refractivity contribution is 0.0745. The number of hydrogen-bond acceptors (Lipinski definition) is 5. The Hall–Kier alpha value is -2.63. The van der Waals surface area contributed by atoms with Crippen LogP contribution in [0.3, 0.4) is 0 Å². The second kappa shape index (κ2) is 6.94. The highest BCUT2D eigenvalue weighted by atomic mass is 16.5. The quantitative estimate of drug-likeness (QED) is 0.847. The number of ether oxygens (including phenoxy) is 1. The van der Waals surface area contributed by atoms with Gasteiger partial charge in [0.2, 0.25) is 0 Å². The van der Waals surface area contributed by atoms with Crippen LogP contribution in [0.5, 0.6) is 5.75 Å². The van der Waals surface area contributed by atoms with E-state index < -0.39 is 0 Å². The molecule has 6 nitrogen and oxygen atoms in total. The Balaban J connectivity index is 1.40. The summed E-state index contributed by atoms with van der Waals surface area (Å²) in [7, 11) is 1.63. The normalized spacial score (nSPS) is 17.3. The summed E-state index contributed by atoms with van der Waals surface area (Å²) in [6.07, 6.45) is 4.17. The number of pyridine rings is 2. The molecule has 0 spiro atoms. The third kappa shape index (κ3) is 3.36. The summed E-state index contributed by atoms with van der Waals surface area (Å²) >= 11 is 0. The van der Waals surface area contributed by atoms with Gasteiger partial charge in [-0.15, -0.1) is 0 Å². The first-order valence-corrected chi connectivity index (χ1v) is 9.17. The molecule has 2 aromatic rings. The van der Waals surface area contributed by atoms with Crippen molar-refractivity contribution in [3.63, 3.8) is 0 Å². The number of carbonyl (C=O) groups excluding carboxylic acids is 1. The van der Waals surface area contributed by atoms with Gasteiger partial charge in [-0.05, 0) is 44.0 Å². The predicted octanol–water partition coefficient (Wildman–Crippen LogP) is 2.63. The number of carbonyl (C=O) groups is 1. The largest absolute Gasteiger partial charge is 0.495 e. The Bertz CT molecular complexity index is 794. The van der Waals surface area contributed by atoms with Crippen LogP contribution in [0.4, 0.5) is 5.82 Å². The molecule has 2 aliphatic rings. The summed E-state index contributed by atoms with van der Waals surface area (Å²) < 4.78 is 5.15. The Labute approximate surface area is 153 Å². The molecule has 136 valence electrons. The number of aryl methyl sites for hydroxylation is 1. The zero-order valence-electron chi connectivity index (χ0n) is 15.3. The molecule has 2 fully saturated rings. The van der Waals surface area contributed by atoms with E-state index in [1.165, 1.54) is 12.8 Å². The van der Waals surface area contributed by atoms with Crippen molar-refractivity contribution in [2.24, 2.45) is 0 Å². The van der Waals surface area contributed by atoms with E-state index in [1.54, 1.807) is 13.3 Å². The molecule has 6 heteroatoms. The second-order valence-corrected chi connectivity index (χ2v) is 6.98. The van der Waals surface area contributed by atoms with Crippen LogP contribution < -0.4 is 9.64 Å². The molecule has 26 heavy (non-hydrogen) atoms. The van der Waals surface area contributed by atoms with Gasteiger partial charge in [-0.25, -0.2) is 4.98 Å². The third-order valence-corrected chi connectivity index (χ3v) is 5.18.